The number of fused-ring (bicyclic) bond motifs is 1. The number of likely N-dealkylation sites (tertiary alicyclic amines) is 1. The van der Waals surface area contributed by atoms with Crippen molar-refractivity contribution in [1.29, 1.82) is 0 Å². The van der Waals surface area contributed by atoms with Crippen LogP contribution in [0.5, 0.6) is 0 Å². The standard InChI is InChI=1S/C22H26N4O4S2/c1-14-6-8-17(9-7-14)32(29,30)24-11-16-5-4-10-26(12-16)22(28)19-15(2)18-20(31-19)23-13-25(3)21(18)27/h6-9,13,16,24H,4-5,10-12H2,1-3H3. The van der Waals surface area contributed by atoms with E-state index in [9.17, 15) is 18.0 Å². The molecular weight excluding hydrogens is 448 g/mol. The third-order valence-corrected chi connectivity index (χ3v) is 8.53. The van der Waals surface area contributed by atoms with Crippen LogP contribution >= 0.6 is 11.3 Å². The summed E-state index contributed by atoms with van der Waals surface area (Å²) < 4.78 is 29.3. The Morgan fingerprint density at radius 1 is 1.25 bits per heavy atom. The van der Waals surface area contributed by atoms with Crippen molar-refractivity contribution in [1.82, 2.24) is 19.2 Å². The van der Waals surface area contributed by atoms with E-state index in [4.69, 9.17) is 0 Å². The Labute approximate surface area is 190 Å². The van der Waals surface area contributed by atoms with E-state index in [1.165, 1.54) is 22.2 Å². The summed E-state index contributed by atoms with van der Waals surface area (Å²) in [5.41, 5.74) is 1.49. The molecule has 0 spiro atoms. The maximum atomic E-state index is 13.2. The molecule has 1 aliphatic heterocycles. The van der Waals surface area contributed by atoms with E-state index in [1.807, 2.05) is 6.92 Å². The Balaban J connectivity index is 1.47. The van der Waals surface area contributed by atoms with Gasteiger partial charge >= 0.3 is 0 Å². The molecule has 1 aromatic carbocycles. The minimum Gasteiger partial charge on any atom is -0.338 e. The van der Waals surface area contributed by atoms with Gasteiger partial charge in [-0.2, -0.15) is 0 Å². The van der Waals surface area contributed by atoms with Crippen LogP contribution in [0.1, 0.15) is 33.6 Å². The summed E-state index contributed by atoms with van der Waals surface area (Å²) in [6.07, 6.45) is 3.10. The van der Waals surface area contributed by atoms with Gasteiger partial charge in [0.15, 0.2) is 0 Å². The van der Waals surface area contributed by atoms with Crippen LogP contribution in [-0.2, 0) is 17.1 Å². The molecule has 4 rings (SSSR count). The third-order valence-electron chi connectivity index (χ3n) is 5.90. The molecule has 1 amide bonds. The van der Waals surface area contributed by atoms with Crippen LogP contribution in [0.4, 0.5) is 0 Å². The number of carbonyl (C=O) groups excluding carboxylic acids is 1. The third kappa shape index (κ3) is 4.35. The van der Waals surface area contributed by atoms with Gasteiger partial charge in [-0.3, -0.25) is 9.59 Å². The van der Waals surface area contributed by atoms with Crippen LogP contribution in [0.15, 0.2) is 40.3 Å². The van der Waals surface area contributed by atoms with Crippen molar-refractivity contribution < 1.29 is 13.2 Å². The van der Waals surface area contributed by atoms with Crippen LogP contribution in [-0.4, -0.2) is 48.4 Å². The summed E-state index contributed by atoms with van der Waals surface area (Å²) in [4.78, 5) is 33.1. The summed E-state index contributed by atoms with van der Waals surface area (Å²) in [5.74, 6) is -0.104. The van der Waals surface area contributed by atoms with Crippen LogP contribution in [0.3, 0.4) is 0 Å². The smallest absolute Gasteiger partial charge is 0.264 e. The maximum absolute atomic E-state index is 13.2. The number of sulfonamides is 1. The van der Waals surface area contributed by atoms with E-state index < -0.39 is 10.0 Å². The average molecular weight is 475 g/mol. The summed E-state index contributed by atoms with van der Waals surface area (Å²) >= 11 is 1.24. The van der Waals surface area contributed by atoms with E-state index in [1.54, 1.807) is 43.1 Å². The molecule has 2 aromatic heterocycles. The number of carbonyl (C=O) groups is 1. The lowest BCUT2D eigenvalue weighted by molar-refractivity contribution is 0.0680. The second kappa shape index (κ2) is 8.76. The summed E-state index contributed by atoms with van der Waals surface area (Å²) in [7, 11) is -1.96. The van der Waals surface area contributed by atoms with E-state index in [-0.39, 0.29) is 28.8 Å². The fourth-order valence-corrected chi connectivity index (χ4v) is 6.22. The van der Waals surface area contributed by atoms with Gasteiger partial charge in [0, 0.05) is 26.7 Å². The fourth-order valence-electron chi connectivity index (χ4n) is 4.00. The first-order valence-corrected chi connectivity index (χ1v) is 12.8. The number of nitrogens with one attached hydrogen (secondary N) is 1. The van der Waals surface area contributed by atoms with E-state index in [2.05, 4.69) is 9.71 Å². The zero-order chi connectivity index (χ0) is 23.0. The zero-order valence-electron chi connectivity index (χ0n) is 18.3. The molecular formula is C22H26N4O4S2. The van der Waals surface area contributed by atoms with E-state index >= 15 is 0 Å². The first-order valence-electron chi connectivity index (χ1n) is 10.5. The first kappa shape index (κ1) is 22.6. The highest BCUT2D eigenvalue weighted by Gasteiger charge is 2.29. The molecule has 1 atom stereocenters. The van der Waals surface area contributed by atoms with Gasteiger partial charge in [-0.1, -0.05) is 17.7 Å². The van der Waals surface area contributed by atoms with Crippen molar-refractivity contribution in [2.45, 2.75) is 31.6 Å². The number of rotatable bonds is 5. The Bertz CT molecular complexity index is 1330. The van der Waals surface area contributed by atoms with Gasteiger partial charge in [0.25, 0.3) is 11.5 Å². The summed E-state index contributed by atoms with van der Waals surface area (Å²) in [6, 6.07) is 6.73. The monoisotopic (exact) mass is 474 g/mol. The van der Waals surface area contributed by atoms with Crippen LogP contribution in [0.2, 0.25) is 0 Å². The normalized spacial score (nSPS) is 17.1. The van der Waals surface area contributed by atoms with Crippen molar-refractivity contribution in [3.63, 3.8) is 0 Å². The number of aryl methyl sites for hydroxylation is 3. The molecule has 0 bridgehead atoms. The summed E-state index contributed by atoms with van der Waals surface area (Å²) in [5, 5.41) is 0.489. The molecule has 1 unspecified atom stereocenters. The SMILES string of the molecule is Cc1ccc(S(=O)(=O)NCC2CCCN(C(=O)c3sc4ncn(C)c(=O)c4c3C)C2)cc1. The van der Waals surface area contributed by atoms with Crippen molar-refractivity contribution >= 4 is 37.5 Å². The predicted octanol–water partition coefficient (Wildman–Crippen LogP) is 2.44. The number of amides is 1. The fraction of sp³-hybridized carbons (Fsp3) is 0.409. The topological polar surface area (TPSA) is 101 Å². The Morgan fingerprint density at radius 2 is 1.97 bits per heavy atom. The molecule has 0 saturated carbocycles. The van der Waals surface area contributed by atoms with Gasteiger partial charge in [-0.25, -0.2) is 18.1 Å². The van der Waals surface area contributed by atoms with Crippen molar-refractivity contribution in [3.05, 3.63) is 57.0 Å². The Hall–Kier alpha value is -2.56. The molecule has 170 valence electrons. The lowest BCUT2D eigenvalue weighted by atomic mass is 9.98. The number of thiophene rings is 1. The van der Waals surface area contributed by atoms with Gasteiger partial charge in [0.05, 0.1) is 21.5 Å². The molecule has 10 heteroatoms. The molecule has 8 nitrogen and oxygen atoms in total. The van der Waals surface area contributed by atoms with Gasteiger partial charge in [0.2, 0.25) is 10.0 Å². The first-order chi connectivity index (χ1) is 15.2. The molecule has 3 heterocycles. The molecule has 0 aliphatic carbocycles. The van der Waals surface area contributed by atoms with Crippen molar-refractivity contribution in [3.8, 4) is 0 Å². The molecule has 1 saturated heterocycles. The van der Waals surface area contributed by atoms with Crippen molar-refractivity contribution in [2.24, 2.45) is 13.0 Å². The van der Waals surface area contributed by atoms with Crippen LogP contribution in [0, 0.1) is 19.8 Å². The minimum absolute atomic E-state index is 0.0219. The molecule has 0 radical (unpaired) electrons. The molecule has 1 aliphatic rings. The Kier molecular flexibility index (Phi) is 6.19. The number of benzene rings is 1. The predicted molar refractivity (Wildman–Crippen MR) is 125 cm³/mol. The highest BCUT2D eigenvalue weighted by molar-refractivity contribution is 7.89. The van der Waals surface area contributed by atoms with E-state index in [0.29, 0.717) is 33.7 Å². The number of aromatic nitrogens is 2. The van der Waals surface area contributed by atoms with Gasteiger partial charge in [-0.05, 0) is 50.3 Å². The molecule has 3 aromatic rings. The average Bonchev–Trinajstić information content (AvgIpc) is 3.12. The maximum Gasteiger partial charge on any atom is 0.264 e. The van der Waals surface area contributed by atoms with Gasteiger partial charge in [0.1, 0.15) is 4.83 Å². The van der Waals surface area contributed by atoms with Crippen molar-refractivity contribution in [2.75, 3.05) is 19.6 Å². The quantitative estimate of drug-likeness (QED) is 0.612. The lowest BCUT2D eigenvalue weighted by Gasteiger charge is -2.32. The number of piperidine rings is 1. The van der Waals surface area contributed by atoms with Crippen LogP contribution in [0.25, 0.3) is 10.2 Å². The second-order valence-corrected chi connectivity index (χ2v) is 11.1. The van der Waals surface area contributed by atoms with E-state index in [0.717, 1.165) is 18.4 Å². The Morgan fingerprint density at radius 3 is 2.69 bits per heavy atom. The lowest BCUT2D eigenvalue weighted by Crippen LogP contribution is -2.43. The molecule has 1 N–H and O–H groups in total. The zero-order valence-corrected chi connectivity index (χ0v) is 19.9. The second-order valence-electron chi connectivity index (χ2n) is 8.32. The minimum atomic E-state index is -3.60. The van der Waals surface area contributed by atoms with Gasteiger partial charge < -0.3 is 9.47 Å². The van der Waals surface area contributed by atoms with Gasteiger partial charge in [-0.15, -0.1) is 11.3 Å². The summed E-state index contributed by atoms with van der Waals surface area (Å²) in [6.45, 7) is 5.04. The molecule has 1 fully saturated rings. The highest BCUT2D eigenvalue weighted by atomic mass is 32.2. The highest BCUT2D eigenvalue weighted by Crippen LogP contribution is 2.29. The number of hydrogen-bond acceptors (Lipinski definition) is 6. The largest absolute Gasteiger partial charge is 0.338 e. The van der Waals surface area contributed by atoms with Crippen LogP contribution < -0.4 is 10.3 Å². The molecule has 32 heavy (non-hydrogen) atoms. The number of hydrogen-bond donors (Lipinski definition) is 1. The number of nitrogens with zero attached hydrogens (tertiary/aromatic N) is 3.